The van der Waals surface area contributed by atoms with Gasteiger partial charge in [-0.2, -0.15) is 0 Å². The van der Waals surface area contributed by atoms with Crippen molar-refractivity contribution in [2.75, 3.05) is 26.1 Å². The second kappa shape index (κ2) is 8.59. The second-order valence-electron chi connectivity index (χ2n) is 7.79. The highest BCUT2D eigenvalue weighted by Gasteiger charge is 2.50. The van der Waals surface area contributed by atoms with Gasteiger partial charge in [-0.1, -0.05) is 29.8 Å². The number of hydrogen-bond donors (Lipinski definition) is 1. The van der Waals surface area contributed by atoms with Crippen LogP contribution in [0.25, 0.3) is 0 Å². The summed E-state index contributed by atoms with van der Waals surface area (Å²) in [5.41, 5.74) is 2.65. The monoisotopic (exact) mass is 437 g/mol. The maximum Gasteiger partial charge on any atom is 0.322 e. The maximum absolute atomic E-state index is 13.3. The van der Waals surface area contributed by atoms with Gasteiger partial charge in [0.1, 0.15) is 16.5 Å². The largest absolute Gasteiger partial charge is 0.497 e. The number of nitrogens with one attached hydrogen (secondary N) is 1. The molecule has 2 atom stereocenters. The third kappa shape index (κ3) is 3.74. The zero-order valence-corrected chi connectivity index (χ0v) is 19.0. The molecule has 0 spiro atoms. The van der Waals surface area contributed by atoms with Crippen molar-refractivity contribution in [1.29, 1.82) is 0 Å². The van der Waals surface area contributed by atoms with Gasteiger partial charge in [-0.25, -0.2) is 9.78 Å². The van der Waals surface area contributed by atoms with Crippen LogP contribution in [0.2, 0.25) is 0 Å². The van der Waals surface area contributed by atoms with E-state index in [0.717, 1.165) is 11.4 Å². The average molecular weight is 438 g/mol. The van der Waals surface area contributed by atoms with Gasteiger partial charge in [0.15, 0.2) is 0 Å². The minimum absolute atomic E-state index is 0.0713. The first kappa shape index (κ1) is 21.2. The first-order valence-electron chi connectivity index (χ1n) is 10.3. The van der Waals surface area contributed by atoms with Gasteiger partial charge in [-0.05, 0) is 38.0 Å². The minimum Gasteiger partial charge on any atom is -0.497 e. The smallest absolute Gasteiger partial charge is 0.322 e. The third-order valence-corrected chi connectivity index (χ3v) is 7.17. The standard InChI is InChI=1S/C24H27N3O3S/c1-16-5-7-18(8-6-16)24(22-25-12-14-31-22)11-13-27(17(24)2)23(28)26-20-15-19(29-3)9-10-21(20)30-4/h5-10,12,14-15,17H,11,13H2,1-4H3,(H,26,28)/t17?,24-/m0/s1. The summed E-state index contributed by atoms with van der Waals surface area (Å²) in [5, 5.41) is 6.06. The lowest BCUT2D eigenvalue weighted by molar-refractivity contribution is 0.202. The quantitative estimate of drug-likeness (QED) is 0.605. The van der Waals surface area contributed by atoms with E-state index in [2.05, 4.69) is 48.4 Å². The van der Waals surface area contributed by atoms with E-state index >= 15 is 0 Å². The number of aryl methyl sites for hydroxylation is 1. The fourth-order valence-electron chi connectivity index (χ4n) is 4.43. The van der Waals surface area contributed by atoms with E-state index in [4.69, 9.17) is 9.47 Å². The first-order valence-corrected chi connectivity index (χ1v) is 11.1. The lowest BCUT2D eigenvalue weighted by atomic mass is 9.75. The van der Waals surface area contributed by atoms with Crippen LogP contribution >= 0.6 is 11.3 Å². The normalized spacial score (nSPS) is 20.5. The maximum atomic E-state index is 13.3. The number of hydrogen-bond acceptors (Lipinski definition) is 5. The second-order valence-corrected chi connectivity index (χ2v) is 8.68. The Morgan fingerprint density at radius 2 is 1.97 bits per heavy atom. The molecular formula is C24H27N3O3S. The Kier molecular flexibility index (Phi) is 5.87. The summed E-state index contributed by atoms with van der Waals surface area (Å²) in [4.78, 5) is 19.9. The molecule has 6 nitrogen and oxygen atoms in total. The predicted molar refractivity (Wildman–Crippen MR) is 123 cm³/mol. The minimum atomic E-state index is -0.336. The molecular weight excluding hydrogens is 410 g/mol. The van der Waals surface area contributed by atoms with Gasteiger partial charge in [0.25, 0.3) is 0 Å². The number of carbonyl (C=O) groups is 1. The molecule has 1 aromatic heterocycles. The summed E-state index contributed by atoms with van der Waals surface area (Å²) in [6, 6.07) is 13.7. The van der Waals surface area contributed by atoms with Crippen LogP contribution in [0.3, 0.4) is 0 Å². The Hall–Kier alpha value is -3.06. The SMILES string of the molecule is COc1ccc(OC)c(NC(=O)N2CC[C@](c3ccc(C)cc3)(c3nccs3)C2C)c1. The van der Waals surface area contributed by atoms with Crippen molar-refractivity contribution >= 4 is 23.1 Å². The summed E-state index contributed by atoms with van der Waals surface area (Å²) < 4.78 is 10.7. The molecule has 1 saturated heterocycles. The van der Waals surface area contributed by atoms with Gasteiger partial charge in [0.05, 0.1) is 25.3 Å². The Labute approximate surface area is 186 Å². The van der Waals surface area contributed by atoms with E-state index in [9.17, 15) is 4.79 Å². The molecule has 0 saturated carbocycles. The van der Waals surface area contributed by atoms with Crippen LogP contribution in [0.15, 0.2) is 54.0 Å². The summed E-state index contributed by atoms with van der Waals surface area (Å²) in [6.45, 7) is 4.82. The lowest BCUT2D eigenvalue weighted by Crippen LogP contribution is -2.45. The van der Waals surface area contributed by atoms with E-state index in [1.807, 2.05) is 16.5 Å². The number of amides is 2. The van der Waals surface area contributed by atoms with E-state index in [0.29, 0.717) is 23.7 Å². The fraction of sp³-hybridized carbons (Fsp3) is 0.333. The topological polar surface area (TPSA) is 63.7 Å². The van der Waals surface area contributed by atoms with Crippen molar-refractivity contribution in [3.05, 3.63) is 70.2 Å². The molecule has 31 heavy (non-hydrogen) atoms. The molecule has 0 aliphatic carbocycles. The molecule has 2 aromatic carbocycles. The van der Waals surface area contributed by atoms with Gasteiger partial charge < -0.3 is 19.7 Å². The first-order chi connectivity index (χ1) is 15.0. The van der Waals surface area contributed by atoms with Crippen molar-refractivity contribution in [2.45, 2.75) is 31.7 Å². The van der Waals surface area contributed by atoms with Gasteiger partial charge in [0.2, 0.25) is 0 Å². The molecule has 1 fully saturated rings. The Morgan fingerprint density at radius 3 is 2.61 bits per heavy atom. The molecule has 2 amide bonds. The Bertz CT molecular complexity index is 1050. The van der Waals surface area contributed by atoms with Crippen molar-refractivity contribution in [1.82, 2.24) is 9.88 Å². The van der Waals surface area contributed by atoms with Gasteiger partial charge in [0, 0.05) is 30.2 Å². The van der Waals surface area contributed by atoms with Crippen molar-refractivity contribution in [3.63, 3.8) is 0 Å². The number of anilines is 1. The Balaban J connectivity index is 1.66. The average Bonchev–Trinajstić information content (AvgIpc) is 3.43. The van der Waals surface area contributed by atoms with Gasteiger partial charge >= 0.3 is 6.03 Å². The summed E-state index contributed by atoms with van der Waals surface area (Å²) in [6.07, 6.45) is 2.65. The number of urea groups is 1. The number of thiazole rings is 1. The molecule has 1 unspecified atom stereocenters. The molecule has 1 aliphatic heterocycles. The van der Waals surface area contributed by atoms with E-state index in [1.165, 1.54) is 11.1 Å². The molecule has 3 aromatic rings. The lowest BCUT2D eigenvalue weighted by Gasteiger charge is -2.35. The van der Waals surface area contributed by atoms with Crippen molar-refractivity contribution in [3.8, 4) is 11.5 Å². The van der Waals surface area contributed by atoms with Crippen LogP contribution in [0.1, 0.15) is 29.5 Å². The fourth-order valence-corrected chi connectivity index (χ4v) is 5.40. The molecule has 2 heterocycles. The van der Waals surface area contributed by atoms with Crippen LogP contribution in [0.4, 0.5) is 10.5 Å². The summed E-state index contributed by atoms with van der Waals surface area (Å²) >= 11 is 1.64. The number of likely N-dealkylation sites (tertiary alicyclic amines) is 1. The number of methoxy groups -OCH3 is 2. The molecule has 162 valence electrons. The van der Waals surface area contributed by atoms with Crippen LogP contribution in [-0.2, 0) is 5.41 Å². The van der Waals surface area contributed by atoms with Crippen LogP contribution in [0, 0.1) is 6.92 Å². The van der Waals surface area contributed by atoms with Crippen LogP contribution < -0.4 is 14.8 Å². The highest BCUT2D eigenvalue weighted by atomic mass is 32.1. The van der Waals surface area contributed by atoms with E-state index < -0.39 is 0 Å². The number of aromatic nitrogens is 1. The van der Waals surface area contributed by atoms with Gasteiger partial charge in [-0.15, -0.1) is 11.3 Å². The number of ether oxygens (including phenoxy) is 2. The summed E-state index contributed by atoms with van der Waals surface area (Å²) in [5.74, 6) is 1.24. The summed E-state index contributed by atoms with van der Waals surface area (Å²) in [7, 11) is 3.18. The highest BCUT2D eigenvalue weighted by Crippen LogP contribution is 2.46. The third-order valence-electron chi connectivity index (χ3n) is 6.22. The Morgan fingerprint density at radius 1 is 1.19 bits per heavy atom. The molecule has 1 N–H and O–H groups in total. The zero-order chi connectivity index (χ0) is 22.0. The van der Waals surface area contributed by atoms with E-state index in [1.54, 1.807) is 43.8 Å². The number of rotatable bonds is 5. The molecule has 7 heteroatoms. The predicted octanol–water partition coefficient (Wildman–Crippen LogP) is 5.08. The molecule has 0 bridgehead atoms. The number of carbonyl (C=O) groups excluding carboxylic acids is 1. The molecule has 4 rings (SSSR count). The molecule has 0 radical (unpaired) electrons. The zero-order valence-electron chi connectivity index (χ0n) is 18.2. The highest BCUT2D eigenvalue weighted by molar-refractivity contribution is 7.09. The van der Waals surface area contributed by atoms with Gasteiger partial charge in [-0.3, -0.25) is 0 Å². The van der Waals surface area contributed by atoms with Crippen LogP contribution in [-0.4, -0.2) is 42.7 Å². The number of benzene rings is 2. The number of nitrogens with zero attached hydrogens (tertiary/aromatic N) is 2. The van der Waals surface area contributed by atoms with Crippen LogP contribution in [0.5, 0.6) is 11.5 Å². The molecule has 1 aliphatic rings. The van der Waals surface area contributed by atoms with Crippen molar-refractivity contribution < 1.29 is 14.3 Å². The van der Waals surface area contributed by atoms with Crippen molar-refractivity contribution in [2.24, 2.45) is 0 Å². The van der Waals surface area contributed by atoms with E-state index in [-0.39, 0.29) is 17.5 Å².